The molecule has 0 radical (unpaired) electrons. The first-order valence-electron chi connectivity index (χ1n) is 5.73. The third-order valence-electron chi connectivity index (χ3n) is 3.08. The molecule has 0 fully saturated rings. The summed E-state index contributed by atoms with van der Waals surface area (Å²) in [5.41, 5.74) is 1.67. The third-order valence-corrected chi connectivity index (χ3v) is 3.08. The standard InChI is InChI=1S/C14H7NO5/c16-13-11-4-2-1-3-9(11)10-6-5-8(20-15(18)19)7-12(10)14(13)17/h1-7H. The van der Waals surface area contributed by atoms with Crippen LogP contribution in [0.5, 0.6) is 5.75 Å². The minimum Gasteiger partial charge on any atom is -0.285 e. The molecule has 3 rings (SSSR count). The number of carbonyl (C=O) groups excluding carboxylic acids is 2. The van der Waals surface area contributed by atoms with Crippen molar-refractivity contribution in [1.82, 2.24) is 0 Å². The van der Waals surface area contributed by atoms with Gasteiger partial charge in [-0.1, -0.05) is 30.3 Å². The van der Waals surface area contributed by atoms with E-state index in [1.807, 2.05) is 0 Å². The van der Waals surface area contributed by atoms with Gasteiger partial charge < -0.3 is 0 Å². The molecule has 20 heavy (non-hydrogen) atoms. The second kappa shape index (κ2) is 4.27. The molecule has 0 bridgehead atoms. The van der Waals surface area contributed by atoms with Crippen molar-refractivity contribution in [2.24, 2.45) is 0 Å². The Morgan fingerprint density at radius 3 is 2.15 bits per heavy atom. The van der Waals surface area contributed by atoms with Gasteiger partial charge in [-0.05, 0) is 23.3 Å². The molecule has 6 nitrogen and oxygen atoms in total. The van der Waals surface area contributed by atoms with Gasteiger partial charge in [0, 0.05) is 11.1 Å². The highest BCUT2D eigenvalue weighted by molar-refractivity contribution is 6.53. The largest absolute Gasteiger partial charge is 0.299 e. The number of ketones is 2. The molecule has 2 aromatic rings. The van der Waals surface area contributed by atoms with E-state index in [-0.39, 0.29) is 11.3 Å². The topological polar surface area (TPSA) is 86.5 Å². The fraction of sp³-hybridized carbons (Fsp3) is 0. The summed E-state index contributed by atoms with van der Waals surface area (Å²) in [7, 11) is 0. The van der Waals surface area contributed by atoms with Crippen LogP contribution in [0.3, 0.4) is 0 Å². The van der Waals surface area contributed by atoms with Crippen molar-refractivity contribution < 1.29 is 19.5 Å². The predicted molar refractivity (Wildman–Crippen MR) is 68.2 cm³/mol. The highest BCUT2D eigenvalue weighted by Gasteiger charge is 2.30. The Bertz CT molecular complexity index is 766. The summed E-state index contributed by atoms with van der Waals surface area (Å²) in [6.45, 7) is 0. The van der Waals surface area contributed by atoms with Crippen LogP contribution in [0.25, 0.3) is 11.1 Å². The van der Waals surface area contributed by atoms with Crippen molar-refractivity contribution in [2.75, 3.05) is 0 Å². The van der Waals surface area contributed by atoms with Crippen LogP contribution in [0.2, 0.25) is 0 Å². The molecule has 6 heteroatoms. The number of nitrogens with zero attached hydrogens (tertiary/aromatic N) is 1. The molecule has 98 valence electrons. The first kappa shape index (κ1) is 12.0. The lowest BCUT2D eigenvalue weighted by Crippen LogP contribution is -2.21. The Labute approximate surface area is 112 Å². The van der Waals surface area contributed by atoms with Crippen LogP contribution in [0.4, 0.5) is 0 Å². The molecule has 0 amide bonds. The van der Waals surface area contributed by atoms with E-state index in [1.165, 1.54) is 18.2 Å². The molecule has 0 aliphatic heterocycles. The van der Waals surface area contributed by atoms with Gasteiger partial charge in [0.1, 0.15) is 5.75 Å². The van der Waals surface area contributed by atoms with Crippen LogP contribution in [-0.2, 0) is 0 Å². The van der Waals surface area contributed by atoms with Gasteiger partial charge >= 0.3 is 0 Å². The molecule has 0 saturated heterocycles. The monoisotopic (exact) mass is 269 g/mol. The van der Waals surface area contributed by atoms with Gasteiger partial charge in [0.15, 0.2) is 0 Å². The van der Waals surface area contributed by atoms with Crippen LogP contribution < -0.4 is 4.84 Å². The summed E-state index contributed by atoms with van der Waals surface area (Å²) >= 11 is 0. The average Bonchev–Trinajstić information content (AvgIpc) is 2.44. The smallest absolute Gasteiger partial charge is 0.285 e. The van der Waals surface area contributed by atoms with Crippen molar-refractivity contribution in [2.45, 2.75) is 0 Å². The van der Waals surface area contributed by atoms with Crippen molar-refractivity contribution in [3.63, 3.8) is 0 Å². The normalized spacial score (nSPS) is 12.6. The molecule has 0 saturated carbocycles. The number of hydrogen-bond acceptors (Lipinski definition) is 5. The van der Waals surface area contributed by atoms with E-state index >= 15 is 0 Å². The zero-order chi connectivity index (χ0) is 14.3. The first-order chi connectivity index (χ1) is 9.58. The molecular weight excluding hydrogens is 262 g/mol. The van der Waals surface area contributed by atoms with Crippen LogP contribution >= 0.6 is 0 Å². The molecule has 0 atom stereocenters. The number of hydrogen-bond donors (Lipinski definition) is 0. The maximum Gasteiger partial charge on any atom is 0.299 e. The van der Waals surface area contributed by atoms with E-state index in [0.717, 1.165) is 0 Å². The molecule has 2 aromatic carbocycles. The molecule has 1 aliphatic carbocycles. The fourth-order valence-electron chi connectivity index (χ4n) is 2.25. The van der Waals surface area contributed by atoms with Crippen molar-refractivity contribution in [3.05, 3.63) is 63.7 Å². The van der Waals surface area contributed by atoms with Crippen LogP contribution in [0, 0.1) is 10.1 Å². The number of fused-ring (bicyclic) bond motifs is 3. The van der Waals surface area contributed by atoms with Crippen LogP contribution in [0.15, 0.2) is 42.5 Å². The van der Waals surface area contributed by atoms with Gasteiger partial charge in [-0.2, -0.15) is 0 Å². The molecule has 0 N–H and O–H groups in total. The summed E-state index contributed by atoms with van der Waals surface area (Å²) in [6.07, 6.45) is 0. The van der Waals surface area contributed by atoms with E-state index in [0.29, 0.717) is 16.7 Å². The second-order valence-corrected chi connectivity index (χ2v) is 4.23. The molecule has 0 aromatic heterocycles. The van der Waals surface area contributed by atoms with Crippen molar-refractivity contribution in [3.8, 4) is 16.9 Å². The third kappa shape index (κ3) is 1.74. The molecule has 0 heterocycles. The van der Waals surface area contributed by atoms with Crippen molar-refractivity contribution in [1.29, 1.82) is 0 Å². The lowest BCUT2D eigenvalue weighted by atomic mass is 9.84. The summed E-state index contributed by atoms with van der Waals surface area (Å²) in [5.74, 6) is -1.40. The van der Waals surface area contributed by atoms with Crippen molar-refractivity contribution >= 4 is 11.6 Å². The molecular formula is C14H7NO5. The van der Waals surface area contributed by atoms with E-state index in [2.05, 4.69) is 4.84 Å². The summed E-state index contributed by atoms with van der Waals surface area (Å²) < 4.78 is 0. The number of carbonyl (C=O) groups is 2. The summed E-state index contributed by atoms with van der Waals surface area (Å²) in [6, 6.07) is 10.9. The minimum absolute atomic E-state index is 0.0886. The van der Waals surface area contributed by atoms with Crippen LogP contribution in [-0.4, -0.2) is 16.7 Å². The quantitative estimate of drug-likeness (QED) is 0.474. The maximum atomic E-state index is 12.0. The van der Waals surface area contributed by atoms with E-state index in [1.54, 1.807) is 24.3 Å². The van der Waals surface area contributed by atoms with Gasteiger partial charge in [-0.3, -0.25) is 14.4 Å². The molecule has 0 unspecified atom stereocenters. The second-order valence-electron chi connectivity index (χ2n) is 4.23. The minimum atomic E-state index is -0.967. The van der Waals surface area contributed by atoms with Gasteiger partial charge in [-0.25, -0.2) is 0 Å². The highest BCUT2D eigenvalue weighted by Crippen LogP contribution is 2.35. The van der Waals surface area contributed by atoms with E-state index in [9.17, 15) is 19.7 Å². The summed E-state index contributed by atoms with van der Waals surface area (Å²) in [4.78, 5) is 38.7. The predicted octanol–water partition coefficient (Wildman–Crippen LogP) is 2.30. The Kier molecular flexibility index (Phi) is 2.57. The van der Waals surface area contributed by atoms with Gasteiger partial charge in [0.25, 0.3) is 5.09 Å². The Balaban J connectivity index is 2.21. The SMILES string of the molecule is O=C1C(=O)c2cc(O[N+](=O)[O-])ccc2-c2ccccc21. The van der Waals surface area contributed by atoms with E-state index < -0.39 is 16.7 Å². The Morgan fingerprint density at radius 1 is 0.850 bits per heavy atom. The fourth-order valence-corrected chi connectivity index (χ4v) is 2.25. The number of rotatable bonds is 2. The van der Waals surface area contributed by atoms with Crippen LogP contribution in [0.1, 0.15) is 20.7 Å². The zero-order valence-electron chi connectivity index (χ0n) is 10.0. The van der Waals surface area contributed by atoms with Gasteiger partial charge in [-0.15, -0.1) is 10.1 Å². The highest BCUT2D eigenvalue weighted by atomic mass is 17.0. The van der Waals surface area contributed by atoms with Gasteiger partial charge in [0.2, 0.25) is 11.6 Å². The lowest BCUT2D eigenvalue weighted by molar-refractivity contribution is -0.711. The maximum absolute atomic E-state index is 12.0. The lowest BCUT2D eigenvalue weighted by Gasteiger charge is -2.17. The number of benzene rings is 2. The van der Waals surface area contributed by atoms with E-state index in [4.69, 9.17) is 0 Å². The van der Waals surface area contributed by atoms with Gasteiger partial charge in [0.05, 0.1) is 0 Å². The Hall–Kier alpha value is -3.02. The number of Topliss-reactive ketones (excluding diaryl/α,β-unsaturated/α-hetero) is 2. The average molecular weight is 269 g/mol. The zero-order valence-corrected chi connectivity index (χ0v) is 10.0. The first-order valence-corrected chi connectivity index (χ1v) is 5.73. The molecule has 1 aliphatic rings. The summed E-state index contributed by atoms with van der Waals surface area (Å²) in [5, 5.41) is 9.35. The molecule has 0 spiro atoms. The Morgan fingerprint density at radius 2 is 1.45 bits per heavy atom.